The summed E-state index contributed by atoms with van der Waals surface area (Å²) in [5.74, 6) is -0.389. The van der Waals surface area contributed by atoms with Crippen LogP contribution in [0.1, 0.15) is 29.9 Å². The van der Waals surface area contributed by atoms with Crippen LogP contribution in [0.3, 0.4) is 0 Å². The predicted molar refractivity (Wildman–Crippen MR) is 110 cm³/mol. The molecule has 2 aromatic rings. The molecular weight excluding hydrogens is 381 g/mol. The highest BCUT2D eigenvalue weighted by atomic mass is 35.5. The second-order valence-electron chi connectivity index (χ2n) is 6.41. The molecular formula is C22H21Cl2NO2. The van der Waals surface area contributed by atoms with Crippen molar-refractivity contribution in [1.82, 2.24) is 5.32 Å². The van der Waals surface area contributed by atoms with Gasteiger partial charge in [-0.3, -0.25) is 4.79 Å². The third kappa shape index (κ3) is 5.15. The fraction of sp³-hybridized carbons (Fsp3) is 0.227. The lowest BCUT2D eigenvalue weighted by Crippen LogP contribution is -2.22. The Morgan fingerprint density at radius 3 is 2.30 bits per heavy atom. The van der Waals surface area contributed by atoms with Gasteiger partial charge < -0.3 is 10.1 Å². The summed E-state index contributed by atoms with van der Waals surface area (Å²) in [6.07, 6.45) is 6.00. The lowest BCUT2D eigenvalue weighted by atomic mass is 9.92. The van der Waals surface area contributed by atoms with Crippen LogP contribution in [-0.2, 0) is 16.0 Å². The van der Waals surface area contributed by atoms with Gasteiger partial charge in [0.2, 0.25) is 0 Å². The average molecular weight is 402 g/mol. The zero-order valence-corrected chi connectivity index (χ0v) is 16.6. The molecule has 2 aromatic carbocycles. The van der Waals surface area contributed by atoms with Gasteiger partial charge in [-0.05, 0) is 30.5 Å². The minimum absolute atomic E-state index is 0.0992. The monoisotopic (exact) mass is 401 g/mol. The summed E-state index contributed by atoms with van der Waals surface area (Å²) in [5.41, 5.74) is 3.95. The molecule has 0 fully saturated rings. The maximum atomic E-state index is 11.8. The van der Waals surface area contributed by atoms with Gasteiger partial charge >= 0.3 is 5.97 Å². The summed E-state index contributed by atoms with van der Waals surface area (Å²) < 4.78 is 4.81. The van der Waals surface area contributed by atoms with E-state index >= 15 is 0 Å². The van der Waals surface area contributed by atoms with Crippen molar-refractivity contribution in [2.24, 2.45) is 0 Å². The molecule has 3 nitrogen and oxygen atoms in total. The molecule has 27 heavy (non-hydrogen) atoms. The Morgan fingerprint density at radius 1 is 0.963 bits per heavy atom. The Bertz CT molecular complexity index is 855. The van der Waals surface area contributed by atoms with E-state index in [0.29, 0.717) is 10.0 Å². The topological polar surface area (TPSA) is 38.3 Å². The fourth-order valence-corrected chi connectivity index (χ4v) is 3.82. The summed E-state index contributed by atoms with van der Waals surface area (Å²) in [5, 5.41) is 4.59. The number of benzene rings is 2. The second kappa shape index (κ2) is 9.12. The number of halogens is 2. The van der Waals surface area contributed by atoms with E-state index in [1.807, 2.05) is 42.5 Å². The van der Waals surface area contributed by atoms with Crippen molar-refractivity contribution < 1.29 is 9.53 Å². The van der Waals surface area contributed by atoms with Crippen molar-refractivity contribution in [2.75, 3.05) is 7.11 Å². The molecule has 3 rings (SSSR count). The molecule has 1 N–H and O–H groups in total. The van der Waals surface area contributed by atoms with Crippen LogP contribution in [-0.4, -0.2) is 13.1 Å². The van der Waals surface area contributed by atoms with Crippen molar-refractivity contribution in [3.63, 3.8) is 0 Å². The molecule has 1 heterocycles. The summed E-state index contributed by atoms with van der Waals surface area (Å²) in [7, 11) is 1.39. The lowest BCUT2D eigenvalue weighted by Gasteiger charge is -2.24. The molecule has 0 aliphatic carbocycles. The van der Waals surface area contributed by atoms with E-state index in [4.69, 9.17) is 27.9 Å². The van der Waals surface area contributed by atoms with E-state index in [1.165, 1.54) is 12.7 Å². The Hall–Kier alpha value is -2.23. The predicted octanol–water partition coefficient (Wildman–Crippen LogP) is 5.64. The van der Waals surface area contributed by atoms with Gasteiger partial charge in [0.05, 0.1) is 13.5 Å². The van der Waals surface area contributed by atoms with Crippen LogP contribution in [0.25, 0.3) is 0 Å². The Kier molecular flexibility index (Phi) is 6.59. The highest BCUT2D eigenvalue weighted by Crippen LogP contribution is 2.36. The number of aryl methyl sites for hydroxylation is 1. The molecule has 0 saturated heterocycles. The first-order valence-corrected chi connectivity index (χ1v) is 9.55. The Balaban J connectivity index is 1.86. The normalized spacial score (nSPS) is 16.2. The minimum Gasteiger partial charge on any atom is -0.469 e. The number of methoxy groups -OCH3 is 1. The number of rotatable bonds is 6. The van der Waals surface area contributed by atoms with Crippen molar-refractivity contribution >= 4 is 29.2 Å². The van der Waals surface area contributed by atoms with E-state index in [9.17, 15) is 4.79 Å². The highest BCUT2D eigenvalue weighted by Gasteiger charge is 2.21. The molecule has 0 radical (unpaired) electrons. The Morgan fingerprint density at radius 2 is 1.63 bits per heavy atom. The minimum atomic E-state index is -0.290. The number of carbonyl (C=O) groups is 1. The molecule has 140 valence electrons. The van der Waals surface area contributed by atoms with Crippen molar-refractivity contribution in [3.8, 4) is 0 Å². The first-order valence-electron chi connectivity index (χ1n) is 8.80. The van der Waals surface area contributed by atoms with Crippen molar-refractivity contribution in [3.05, 3.63) is 93.2 Å². The summed E-state index contributed by atoms with van der Waals surface area (Å²) >= 11 is 12.8. The summed E-state index contributed by atoms with van der Waals surface area (Å²) in [6, 6.07) is 15.8. The molecule has 1 aliphatic rings. The van der Waals surface area contributed by atoms with Gasteiger partial charge in [-0.1, -0.05) is 71.8 Å². The van der Waals surface area contributed by atoms with E-state index in [0.717, 1.165) is 29.8 Å². The van der Waals surface area contributed by atoms with Gasteiger partial charge in [0, 0.05) is 32.9 Å². The van der Waals surface area contributed by atoms with Gasteiger partial charge in [-0.15, -0.1) is 0 Å². The van der Waals surface area contributed by atoms with Gasteiger partial charge in [0.25, 0.3) is 0 Å². The van der Waals surface area contributed by atoms with E-state index in [2.05, 4.69) is 23.5 Å². The van der Waals surface area contributed by atoms with Crippen LogP contribution in [0.2, 0.25) is 10.0 Å². The van der Waals surface area contributed by atoms with Crippen LogP contribution in [0.4, 0.5) is 0 Å². The summed E-state index contributed by atoms with van der Waals surface area (Å²) in [6.45, 7) is 0. The number of carbonyl (C=O) groups excluding carboxylic acids is 1. The highest BCUT2D eigenvalue weighted by molar-refractivity contribution is 6.36. The molecule has 0 spiro atoms. The number of esters is 1. The smallest absolute Gasteiger partial charge is 0.311 e. The van der Waals surface area contributed by atoms with Crippen molar-refractivity contribution in [1.29, 1.82) is 0 Å². The zero-order chi connectivity index (χ0) is 19.2. The molecule has 0 amide bonds. The lowest BCUT2D eigenvalue weighted by molar-refractivity contribution is -0.139. The van der Waals surface area contributed by atoms with Crippen LogP contribution in [0, 0.1) is 0 Å². The van der Waals surface area contributed by atoms with Crippen molar-refractivity contribution in [2.45, 2.75) is 25.2 Å². The zero-order valence-electron chi connectivity index (χ0n) is 15.0. The molecule has 1 aliphatic heterocycles. The molecule has 5 heteroatoms. The van der Waals surface area contributed by atoms with E-state index in [1.54, 1.807) is 0 Å². The van der Waals surface area contributed by atoms with E-state index < -0.39 is 0 Å². The largest absolute Gasteiger partial charge is 0.469 e. The standard InChI is InChI=1S/C22H21Cl2NO2/c1-27-21(26)14-18-13-16(22-19(23)8-5-9-20(22)24)12-17(25-18)11-10-15-6-3-2-4-7-15/h2-9,12-13,16,25H,10-11,14H2,1H3. The molecule has 1 atom stereocenters. The maximum absolute atomic E-state index is 11.8. The van der Waals surface area contributed by atoms with Crippen LogP contribution in [0.5, 0.6) is 0 Å². The molecule has 0 bridgehead atoms. The third-order valence-corrected chi connectivity index (χ3v) is 5.16. The molecule has 1 unspecified atom stereocenters. The number of allylic oxidation sites excluding steroid dienone is 3. The SMILES string of the molecule is COC(=O)CC1=CC(c2c(Cl)cccc2Cl)C=C(CCc2ccccc2)N1. The molecule has 0 aromatic heterocycles. The van der Waals surface area contributed by atoms with Gasteiger partial charge in [0.15, 0.2) is 0 Å². The van der Waals surface area contributed by atoms with Crippen LogP contribution in [0.15, 0.2) is 72.1 Å². The Labute approximate surface area is 169 Å². The number of hydrogen-bond acceptors (Lipinski definition) is 3. The number of nitrogens with one attached hydrogen (secondary N) is 1. The van der Waals surface area contributed by atoms with Crippen LogP contribution >= 0.6 is 23.2 Å². The third-order valence-electron chi connectivity index (χ3n) is 4.50. The quantitative estimate of drug-likeness (QED) is 0.635. The first kappa shape index (κ1) is 19.5. The van der Waals surface area contributed by atoms with Gasteiger partial charge in [-0.25, -0.2) is 0 Å². The maximum Gasteiger partial charge on any atom is 0.311 e. The van der Waals surface area contributed by atoms with Crippen LogP contribution < -0.4 is 5.32 Å². The summed E-state index contributed by atoms with van der Waals surface area (Å²) in [4.78, 5) is 11.8. The number of dihydropyridines is 1. The molecule has 0 saturated carbocycles. The number of hydrogen-bond donors (Lipinski definition) is 1. The first-order chi connectivity index (χ1) is 13.1. The number of ether oxygens (including phenoxy) is 1. The fourth-order valence-electron chi connectivity index (χ4n) is 3.17. The second-order valence-corrected chi connectivity index (χ2v) is 7.22. The van der Waals surface area contributed by atoms with Gasteiger partial charge in [0.1, 0.15) is 0 Å². The average Bonchev–Trinajstić information content (AvgIpc) is 2.67. The van der Waals surface area contributed by atoms with Gasteiger partial charge in [-0.2, -0.15) is 0 Å². The van der Waals surface area contributed by atoms with E-state index in [-0.39, 0.29) is 18.3 Å².